The van der Waals surface area contributed by atoms with Gasteiger partial charge in [0.25, 0.3) is 0 Å². The van der Waals surface area contributed by atoms with Crippen LogP contribution < -0.4 is 10.2 Å². The molecule has 0 radical (unpaired) electrons. The molecule has 2 aromatic heterocycles. The fraction of sp³-hybridized carbons (Fsp3) is 0.562. The van der Waals surface area contributed by atoms with E-state index in [9.17, 15) is 5.11 Å². The highest BCUT2D eigenvalue weighted by Crippen LogP contribution is 2.25. The van der Waals surface area contributed by atoms with E-state index in [1.54, 1.807) is 0 Å². The molecule has 1 unspecified atom stereocenters. The van der Waals surface area contributed by atoms with Gasteiger partial charge in [-0.2, -0.15) is 0 Å². The number of β-amino-alcohol motifs (C(OH)–C–C–N with tert-alkyl or cyclic N) is 1. The van der Waals surface area contributed by atoms with Crippen molar-refractivity contribution in [2.45, 2.75) is 45.4 Å². The van der Waals surface area contributed by atoms with Crippen LogP contribution in [0, 0.1) is 0 Å². The Bertz CT molecular complexity index is 607. The molecule has 5 heteroatoms. The number of fused-ring (bicyclic) bond motifs is 1. The Kier molecular flexibility index (Phi) is 4.12. The van der Waals surface area contributed by atoms with E-state index in [4.69, 9.17) is 4.98 Å². The standard InChI is InChI=1S/C16H24N4O/c1-12(2)17-10-14-16(19-8-5-6-13(21)11-19)18-15-7-3-4-9-20(14)15/h3-4,7,9,12-13,17,21H,5-6,8,10-11H2,1-2H3. The van der Waals surface area contributed by atoms with Crippen LogP contribution in [0.3, 0.4) is 0 Å². The molecule has 0 amide bonds. The number of aromatic nitrogens is 2. The van der Waals surface area contributed by atoms with Crippen molar-refractivity contribution in [3.8, 4) is 0 Å². The molecule has 1 aliphatic rings. The quantitative estimate of drug-likeness (QED) is 0.900. The molecular weight excluding hydrogens is 264 g/mol. The number of nitrogens with one attached hydrogen (secondary N) is 1. The molecule has 2 aromatic rings. The fourth-order valence-corrected chi connectivity index (χ4v) is 2.90. The zero-order valence-corrected chi connectivity index (χ0v) is 12.8. The molecule has 0 aliphatic carbocycles. The molecule has 3 heterocycles. The number of rotatable bonds is 4. The molecule has 0 saturated carbocycles. The van der Waals surface area contributed by atoms with Gasteiger partial charge in [0.2, 0.25) is 0 Å². The fourth-order valence-electron chi connectivity index (χ4n) is 2.90. The van der Waals surface area contributed by atoms with Crippen LogP contribution in [0.15, 0.2) is 24.4 Å². The SMILES string of the molecule is CC(C)NCc1c(N2CCCC(O)C2)nc2ccccn12. The summed E-state index contributed by atoms with van der Waals surface area (Å²) in [7, 11) is 0. The van der Waals surface area contributed by atoms with Crippen LogP contribution in [0.1, 0.15) is 32.4 Å². The first kappa shape index (κ1) is 14.4. The maximum absolute atomic E-state index is 9.93. The number of anilines is 1. The van der Waals surface area contributed by atoms with Crippen molar-refractivity contribution in [3.63, 3.8) is 0 Å². The first-order chi connectivity index (χ1) is 10.1. The molecule has 1 aliphatic heterocycles. The summed E-state index contributed by atoms with van der Waals surface area (Å²) in [5.74, 6) is 1.01. The first-order valence-electron chi connectivity index (χ1n) is 7.77. The molecule has 5 nitrogen and oxygen atoms in total. The second-order valence-electron chi connectivity index (χ2n) is 6.09. The van der Waals surface area contributed by atoms with Gasteiger partial charge in [-0.1, -0.05) is 19.9 Å². The number of aliphatic hydroxyl groups is 1. The predicted molar refractivity (Wildman–Crippen MR) is 84.6 cm³/mol. The minimum atomic E-state index is -0.241. The Balaban J connectivity index is 1.97. The summed E-state index contributed by atoms with van der Waals surface area (Å²) >= 11 is 0. The number of hydrogen-bond acceptors (Lipinski definition) is 4. The molecule has 0 spiro atoms. The first-order valence-corrected chi connectivity index (χ1v) is 7.77. The molecule has 3 rings (SSSR count). The van der Waals surface area contributed by atoms with Crippen LogP contribution in [0.5, 0.6) is 0 Å². The van der Waals surface area contributed by atoms with Gasteiger partial charge in [-0.05, 0) is 25.0 Å². The number of nitrogens with zero attached hydrogens (tertiary/aromatic N) is 3. The summed E-state index contributed by atoms with van der Waals surface area (Å²) in [6, 6.07) is 6.50. The number of pyridine rings is 1. The molecule has 114 valence electrons. The third-order valence-electron chi connectivity index (χ3n) is 3.98. The van der Waals surface area contributed by atoms with Gasteiger partial charge < -0.3 is 19.7 Å². The van der Waals surface area contributed by atoms with Gasteiger partial charge in [-0.15, -0.1) is 0 Å². The molecule has 21 heavy (non-hydrogen) atoms. The lowest BCUT2D eigenvalue weighted by Crippen LogP contribution is -2.39. The van der Waals surface area contributed by atoms with Crippen molar-refractivity contribution in [1.29, 1.82) is 0 Å². The average molecular weight is 288 g/mol. The zero-order chi connectivity index (χ0) is 14.8. The minimum absolute atomic E-state index is 0.241. The molecular formula is C16H24N4O. The van der Waals surface area contributed by atoms with E-state index in [0.29, 0.717) is 12.6 Å². The van der Waals surface area contributed by atoms with E-state index in [1.807, 2.05) is 18.2 Å². The van der Waals surface area contributed by atoms with Crippen LogP contribution in [0.2, 0.25) is 0 Å². The summed E-state index contributed by atoms with van der Waals surface area (Å²) in [4.78, 5) is 7.01. The molecule has 1 atom stereocenters. The normalized spacial score (nSPS) is 19.6. The van der Waals surface area contributed by atoms with Gasteiger partial charge in [0.1, 0.15) is 5.65 Å². The lowest BCUT2D eigenvalue weighted by Gasteiger charge is -2.31. The third-order valence-corrected chi connectivity index (χ3v) is 3.98. The van der Waals surface area contributed by atoms with Crippen LogP contribution in [-0.2, 0) is 6.54 Å². The van der Waals surface area contributed by atoms with Gasteiger partial charge in [-0.25, -0.2) is 4.98 Å². The number of piperidine rings is 1. The highest BCUT2D eigenvalue weighted by atomic mass is 16.3. The van der Waals surface area contributed by atoms with E-state index in [1.165, 1.54) is 5.69 Å². The largest absolute Gasteiger partial charge is 0.391 e. The Morgan fingerprint density at radius 3 is 3.05 bits per heavy atom. The molecule has 2 N–H and O–H groups in total. The van der Waals surface area contributed by atoms with Crippen molar-refractivity contribution >= 4 is 11.5 Å². The molecule has 0 aromatic carbocycles. The van der Waals surface area contributed by atoms with Gasteiger partial charge in [-0.3, -0.25) is 0 Å². The highest BCUT2D eigenvalue weighted by molar-refractivity contribution is 5.56. The monoisotopic (exact) mass is 288 g/mol. The van der Waals surface area contributed by atoms with E-state index in [-0.39, 0.29) is 6.10 Å². The summed E-state index contributed by atoms with van der Waals surface area (Å²) in [6.45, 7) is 6.72. The summed E-state index contributed by atoms with van der Waals surface area (Å²) in [5.41, 5.74) is 2.14. The predicted octanol–water partition coefficient (Wildman–Crippen LogP) is 1.79. The van der Waals surface area contributed by atoms with Crippen molar-refractivity contribution in [1.82, 2.24) is 14.7 Å². The van der Waals surface area contributed by atoms with Crippen molar-refractivity contribution in [2.24, 2.45) is 0 Å². The minimum Gasteiger partial charge on any atom is -0.391 e. The van der Waals surface area contributed by atoms with Gasteiger partial charge in [0.15, 0.2) is 5.82 Å². The van der Waals surface area contributed by atoms with Crippen LogP contribution >= 0.6 is 0 Å². The lowest BCUT2D eigenvalue weighted by atomic mass is 10.1. The Morgan fingerprint density at radius 2 is 2.29 bits per heavy atom. The Morgan fingerprint density at radius 1 is 1.43 bits per heavy atom. The highest BCUT2D eigenvalue weighted by Gasteiger charge is 2.23. The molecule has 1 fully saturated rings. The topological polar surface area (TPSA) is 52.8 Å². The lowest BCUT2D eigenvalue weighted by molar-refractivity contribution is 0.154. The molecule has 0 bridgehead atoms. The van der Waals surface area contributed by atoms with Crippen molar-refractivity contribution < 1.29 is 5.11 Å². The van der Waals surface area contributed by atoms with Crippen LogP contribution in [-0.4, -0.2) is 39.7 Å². The van der Waals surface area contributed by atoms with Gasteiger partial charge in [0.05, 0.1) is 11.8 Å². The summed E-state index contributed by atoms with van der Waals surface area (Å²) in [6.07, 6.45) is 3.73. The van der Waals surface area contributed by atoms with Gasteiger partial charge >= 0.3 is 0 Å². The van der Waals surface area contributed by atoms with Gasteiger partial charge in [0, 0.05) is 31.9 Å². The number of aliphatic hydroxyl groups excluding tert-OH is 1. The van der Waals surface area contributed by atoms with E-state index in [0.717, 1.165) is 37.4 Å². The Labute approximate surface area is 125 Å². The second kappa shape index (κ2) is 6.03. The second-order valence-corrected chi connectivity index (χ2v) is 6.09. The number of hydrogen-bond donors (Lipinski definition) is 2. The maximum Gasteiger partial charge on any atom is 0.152 e. The smallest absolute Gasteiger partial charge is 0.152 e. The molecule has 1 saturated heterocycles. The summed E-state index contributed by atoms with van der Waals surface area (Å²) < 4.78 is 2.14. The average Bonchev–Trinajstić information content (AvgIpc) is 2.84. The third kappa shape index (κ3) is 3.04. The Hall–Kier alpha value is -1.59. The van der Waals surface area contributed by atoms with E-state index in [2.05, 4.69) is 34.7 Å². The van der Waals surface area contributed by atoms with Crippen molar-refractivity contribution in [3.05, 3.63) is 30.1 Å². The zero-order valence-electron chi connectivity index (χ0n) is 12.8. The van der Waals surface area contributed by atoms with Crippen LogP contribution in [0.25, 0.3) is 5.65 Å². The number of imidazole rings is 1. The summed E-state index contributed by atoms with van der Waals surface area (Å²) in [5, 5.41) is 13.4. The van der Waals surface area contributed by atoms with E-state index < -0.39 is 0 Å². The maximum atomic E-state index is 9.93. The van der Waals surface area contributed by atoms with Crippen LogP contribution in [0.4, 0.5) is 5.82 Å². The van der Waals surface area contributed by atoms with Crippen molar-refractivity contribution in [2.75, 3.05) is 18.0 Å². The van der Waals surface area contributed by atoms with E-state index >= 15 is 0 Å².